The van der Waals surface area contributed by atoms with Crippen molar-refractivity contribution in [3.63, 3.8) is 0 Å². The number of hydrogen-bond acceptors (Lipinski definition) is 3. The number of nitriles is 1. The zero-order valence-electron chi connectivity index (χ0n) is 15.2. The van der Waals surface area contributed by atoms with Crippen LogP contribution in [0.3, 0.4) is 0 Å². The Bertz CT molecular complexity index is 881. The number of nitrogens with one attached hydrogen (secondary N) is 1. The van der Waals surface area contributed by atoms with E-state index < -0.39 is 5.60 Å². The number of carbonyl (C=O) groups is 1. The maximum atomic E-state index is 13.0. The summed E-state index contributed by atoms with van der Waals surface area (Å²) in [6.45, 7) is 2.71. The Morgan fingerprint density at radius 1 is 1.50 bits per heavy atom. The summed E-state index contributed by atoms with van der Waals surface area (Å²) in [4.78, 5) is 18.2. The number of H-pyrrole nitrogens is 1. The molecule has 136 valence electrons. The van der Waals surface area contributed by atoms with E-state index in [9.17, 15) is 15.2 Å². The molecule has 26 heavy (non-hydrogen) atoms. The van der Waals surface area contributed by atoms with E-state index in [0.717, 1.165) is 42.1 Å². The highest BCUT2D eigenvalue weighted by Crippen LogP contribution is 2.39. The maximum absolute atomic E-state index is 13.0. The van der Waals surface area contributed by atoms with E-state index in [0.29, 0.717) is 24.9 Å². The number of piperidine rings is 1. The van der Waals surface area contributed by atoms with E-state index in [1.807, 2.05) is 29.3 Å². The van der Waals surface area contributed by atoms with Gasteiger partial charge in [0.25, 0.3) is 0 Å². The molecule has 5 heteroatoms. The van der Waals surface area contributed by atoms with Crippen LogP contribution >= 0.6 is 0 Å². The molecule has 1 saturated heterocycles. The summed E-state index contributed by atoms with van der Waals surface area (Å²) < 4.78 is 0. The van der Waals surface area contributed by atoms with Gasteiger partial charge in [0.05, 0.1) is 17.2 Å². The standard InChI is InChI=1S/C21H25N3O2/c1-14(17-13-23-18-6-2-4-15(12-22)20(17)18)10-19(25)24-9-8-21(26)7-3-5-16(24)11-21/h2,4,6,13-14,16,23,26H,3,5,7-11H2,1H3. The van der Waals surface area contributed by atoms with Crippen LogP contribution in [0.15, 0.2) is 24.4 Å². The molecule has 1 aromatic heterocycles. The number of aromatic nitrogens is 1. The fraction of sp³-hybridized carbons (Fsp3) is 0.524. The van der Waals surface area contributed by atoms with E-state index in [-0.39, 0.29) is 17.9 Å². The van der Waals surface area contributed by atoms with E-state index in [2.05, 4.69) is 18.0 Å². The minimum Gasteiger partial charge on any atom is -0.390 e. The highest BCUT2D eigenvalue weighted by Gasteiger charge is 2.42. The second-order valence-electron chi connectivity index (χ2n) is 8.00. The van der Waals surface area contributed by atoms with Crippen molar-refractivity contribution < 1.29 is 9.90 Å². The number of hydrogen-bond donors (Lipinski definition) is 2. The molecule has 2 fully saturated rings. The molecule has 1 saturated carbocycles. The lowest BCUT2D eigenvalue weighted by Crippen LogP contribution is -2.55. The van der Waals surface area contributed by atoms with Gasteiger partial charge in [0.1, 0.15) is 0 Å². The van der Waals surface area contributed by atoms with Crippen LogP contribution in [0.5, 0.6) is 0 Å². The van der Waals surface area contributed by atoms with Gasteiger partial charge < -0.3 is 15.0 Å². The number of benzene rings is 1. The first-order valence-corrected chi connectivity index (χ1v) is 9.53. The van der Waals surface area contributed by atoms with Crippen molar-refractivity contribution in [2.75, 3.05) is 6.54 Å². The first-order chi connectivity index (χ1) is 12.5. The number of rotatable bonds is 3. The quantitative estimate of drug-likeness (QED) is 0.889. The van der Waals surface area contributed by atoms with Crippen LogP contribution in [-0.4, -0.2) is 39.1 Å². The third-order valence-corrected chi connectivity index (χ3v) is 6.24. The first kappa shape index (κ1) is 17.1. The van der Waals surface area contributed by atoms with Crippen molar-refractivity contribution >= 4 is 16.8 Å². The minimum absolute atomic E-state index is 0.0372. The smallest absolute Gasteiger partial charge is 0.223 e. The number of likely N-dealkylation sites (tertiary alicyclic amines) is 1. The lowest BCUT2D eigenvalue weighted by atomic mass is 9.76. The molecule has 4 rings (SSSR count). The van der Waals surface area contributed by atoms with Gasteiger partial charge in [-0.3, -0.25) is 4.79 Å². The van der Waals surface area contributed by atoms with Crippen molar-refractivity contribution in [1.82, 2.24) is 9.88 Å². The molecule has 1 aromatic carbocycles. The van der Waals surface area contributed by atoms with Crippen molar-refractivity contribution in [2.45, 2.75) is 63.0 Å². The van der Waals surface area contributed by atoms with Gasteiger partial charge in [-0.15, -0.1) is 0 Å². The normalized spacial score (nSPS) is 26.5. The van der Waals surface area contributed by atoms with Crippen molar-refractivity contribution in [3.8, 4) is 6.07 Å². The van der Waals surface area contributed by atoms with E-state index in [4.69, 9.17) is 0 Å². The molecule has 5 nitrogen and oxygen atoms in total. The molecular formula is C21H25N3O2. The lowest BCUT2D eigenvalue weighted by molar-refractivity contribution is -0.144. The molecule has 0 radical (unpaired) electrons. The topological polar surface area (TPSA) is 80.1 Å². The monoisotopic (exact) mass is 351 g/mol. The summed E-state index contributed by atoms with van der Waals surface area (Å²) in [5.41, 5.74) is 2.06. The van der Waals surface area contributed by atoms with Gasteiger partial charge in [-0.25, -0.2) is 0 Å². The van der Waals surface area contributed by atoms with Crippen molar-refractivity contribution in [1.29, 1.82) is 5.26 Å². The molecule has 2 heterocycles. The van der Waals surface area contributed by atoms with Gasteiger partial charge in [-0.2, -0.15) is 5.26 Å². The summed E-state index contributed by atoms with van der Waals surface area (Å²) >= 11 is 0. The molecule has 1 aliphatic heterocycles. The van der Waals surface area contributed by atoms with Crippen LogP contribution in [0.25, 0.3) is 10.9 Å². The van der Waals surface area contributed by atoms with Gasteiger partial charge in [0, 0.05) is 36.1 Å². The Morgan fingerprint density at radius 3 is 3.15 bits per heavy atom. The Balaban J connectivity index is 1.53. The average molecular weight is 351 g/mol. The molecule has 1 amide bonds. The summed E-state index contributed by atoms with van der Waals surface area (Å²) in [5.74, 6) is 0.199. The second-order valence-corrected chi connectivity index (χ2v) is 8.00. The Hall–Kier alpha value is -2.32. The summed E-state index contributed by atoms with van der Waals surface area (Å²) in [6, 6.07) is 8.09. The SMILES string of the molecule is CC(CC(=O)N1CCC2(O)CCCC1C2)c1c[nH]c2cccc(C#N)c12. The largest absolute Gasteiger partial charge is 0.390 e. The Morgan fingerprint density at radius 2 is 2.35 bits per heavy atom. The minimum atomic E-state index is -0.552. The van der Waals surface area contributed by atoms with E-state index in [1.165, 1.54) is 0 Å². The average Bonchev–Trinajstić information content (AvgIpc) is 3.05. The zero-order chi connectivity index (χ0) is 18.3. The fourth-order valence-electron chi connectivity index (χ4n) is 4.82. The third kappa shape index (κ3) is 2.89. The zero-order valence-corrected chi connectivity index (χ0v) is 15.2. The van der Waals surface area contributed by atoms with Gasteiger partial charge in [0.2, 0.25) is 5.91 Å². The van der Waals surface area contributed by atoms with Gasteiger partial charge in [0.15, 0.2) is 0 Å². The van der Waals surface area contributed by atoms with Crippen molar-refractivity contribution in [3.05, 3.63) is 35.5 Å². The predicted molar refractivity (Wildman–Crippen MR) is 99.6 cm³/mol. The van der Waals surface area contributed by atoms with Gasteiger partial charge in [-0.1, -0.05) is 13.0 Å². The number of nitrogens with zero attached hydrogens (tertiary/aromatic N) is 2. The second kappa shape index (κ2) is 6.44. The van der Waals surface area contributed by atoms with Crippen LogP contribution in [0.2, 0.25) is 0 Å². The number of carbonyl (C=O) groups excluding carboxylic acids is 1. The number of aliphatic hydroxyl groups is 1. The fourth-order valence-corrected chi connectivity index (χ4v) is 4.82. The molecule has 0 spiro atoms. The molecule has 3 unspecified atom stereocenters. The van der Waals surface area contributed by atoms with Crippen molar-refractivity contribution in [2.24, 2.45) is 0 Å². The highest BCUT2D eigenvalue weighted by molar-refractivity contribution is 5.90. The van der Waals surface area contributed by atoms with Crippen LogP contribution < -0.4 is 0 Å². The molecule has 3 atom stereocenters. The Labute approximate surface area is 153 Å². The molecule has 1 aliphatic carbocycles. The Kier molecular flexibility index (Phi) is 4.24. The summed E-state index contributed by atoms with van der Waals surface area (Å²) in [7, 11) is 0. The molecule has 2 aliphatic rings. The van der Waals surface area contributed by atoms with Crippen LogP contribution in [0, 0.1) is 11.3 Å². The first-order valence-electron chi connectivity index (χ1n) is 9.53. The molecule has 2 aromatic rings. The highest BCUT2D eigenvalue weighted by atomic mass is 16.3. The summed E-state index contributed by atoms with van der Waals surface area (Å²) in [5, 5.41) is 20.9. The molecule has 2 N–H and O–H groups in total. The van der Waals surface area contributed by atoms with Crippen LogP contribution in [-0.2, 0) is 4.79 Å². The summed E-state index contributed by atoms with van der Waals surface area (Å²) in [6.07, 6.45) is 6.63. The van der Waals surface area contributed by atoms with Crippen LogP contribution in [0.1, 0.15) is 62.5 Å². The molecule has 2 bridgehead atoms. The van der Waals surface area contributed by atoms with Gasteiger partial charge >= 0.3 is 0 Å². The van der Waals surface area contributed by atoms with E-state index in [1.54, 1.807) is 0 Å². The number of fused-ring (bicyclic) bond motifs is 3. The predicted octanol–water partition coefficient (Wildman–Crippen LogP) is 3.44. The van der Waals surface area contributed by atoms with Crippen LogP contribution in [0.4, 0.5) is 0 Å². The van der Waals surface area contributed by atoms with E-state index >= 15 is 0 Å². The number of amides is 1. The maximum Gasteiger partial charge on any atom is 0.223 e. The van der Waals surface area contributed by atoms with Gasteiger partial charge in [-0.05, 0) is 55.7 Å². The third-order valence-electron chi connectivity index (χ3n) is 6.24. The lowest BCUT2D eigenvalue weighted by Gasteiger charge is -2.48. The molecular weight excluding hydrogens is 326 g/mol. The number of aromatic amines is 1.